The lowest BCUT2D eigenvalue weighted by Crippen LogP contribution is -2.14. The second kappa shape index (κ2) is 5.29. The van der Waals surface area contributed by atoms with E-state index in [0.29, 0.717) is 5.92 Å². The molecule has 0 bridgehead atoms. The fourth-order valence-electron chi connectivity index (χ4n) is 2.19. The summed E-state index contributed by atoms with van der Waals surface area (Å²) in [5, 5.41) is 3.19. The quantitative estimate of drug-likeness (QED) is 0.817. The summed E-state index contributed by atoms with van der Waals surface area (Å²) in [5.41, 5.74) is 2.85. The molecule has 2 rings (SSSR count). The average molecular weight is 205 g/mol. The van der Waals surface area contributed by atoms with Gasteiger partial charge in [0.15, 0.2) is 0 Å². The highest BCUT2D eigenvalue weighted by molar-refractivity contribution is 5.26. The zero-order valence-electron chi connectivity index (χ0n) is 9.33. The Labute approximate surface area is 91.6 Å². The molecule has 1 N–H and O–H groups in total. The first-order chi connectivity index (χ1) is 7.40. The molecular weight excluding hydrogens is 186 g/mol. The molecule has 1 aromatic carbocycles. The minimum atomic E-state index is 0.704. The van der Waals surface area contributed by atoms with Crippen LogP contribution in [0.5, 0.6) is 0 Å². The predicted octanol–water partition coefficient (Wildman–Crippen LogP) is 2.30. The van der Waals surface area contributed by atoms with Crippen LogP contribution in [0.4, 0.5) is 0 Å². The Morgan fingerprint density at radius 3 is 2.87 bits per heavy atom. The summed E-state index contributed by atoms with van der Waals surface area (Å²) in [5.74, 6) is 0.704. The van der Waals surface area contributed by atoms with Crippen molar-refractivity contribution in [3.05, 3.63) is 35.4 Å². The molecule has 1 aromatic rings. The average Bonchev–Trinajstić information content (AvgIpc) is 2.31. The normalized spacial score (nSPS) is 17.9. The molecule has 0 spiro atoms. The summed E-state index contributed by atoms with van der Waals surface area (Å²) < 4.78 is 5.39. The standard InChI is InChI=1S/C13H19NO/c1-14-10-11-3-2-4-13(9-11)12-5-7-15-8-6-12/h2-4,9,12,14H,5-8,10H2,1H3. The minimum Gasteiger partial charge on any atom is -0.381 e. The highest BCUT2D eigenvalue weighted by atomic mass is 16.5. The first-order valence-corrected chi connectivity index (χ1v) is 5.71. The van der Waals surface area contributed by atoms with Gasteiger partial charge in [-0.1, -0.05) is 24.3 Å². The molecule has 1 saturated heterocycles. The molecule has 1 heterocycles. The zero-order valence-corrected chi connectivity index (χ0v) is 9.33. The van der Waals surface area contributed by atoms with E-state index in [9.17, 15) is 0 Å². The SMILES string of the molecule is CNCc1cccc(C2CCOCC2)c1. The number of nitrogens with one attached hydrogen (secondary N) is 1. The number of benzene rings is 1. The summed E-state index contributed by atoms with van der Waals surface area (Å²) in [6.45, 7) is 2.79. The molecule has 1 aliphatic rings. The fourth-order valence-corrected chi connectivity index (χ4v) is 2.19. The molecule has 0 saturated carbocycles. The van der Waals surface area contributed by atoms with Crippen molar-refractivity contribution in [2.45, 2.75) is 25.3 Å². The Kier molecular flexibility index (Phi) is 3.75. The van der Waals surface area contributed by atoms with Crippen LogP contribution in [0.25, 0.3) is 0 Å². The molecule has 82 valence electrons. The van der Waals surface area contributed by atoms with Gasteiger partial charge < -0.3 is 10.1 Å². The fraction of sp³-hybridized carbons (Fsp3) is 0.538. The summed E-state index contributed by atoms with van der Waals surface area (Å²) in [6.07, 6.45) is 2.34. The summed E-state index contributed by atoms with van der Waals surface area (Å²) >= 11 is 0. The maximum atomic E-state index is 5.39. The van der Waals surface area contributed by atoms with Crippen LogP contribution in [0.15, 0.2) is 24.3 Å². The van der Waals surface area contributed by atoms with Crippen molar-refractivity contribution in [2.75, 3.05) is 20.3 Å². The Morgan fingerprint density at radius 2 is 2.13 bits per heavy atom. The third-order valence-electron chi connectivity index (χ3n) is 3.02. The number of hydrogen-bond acceptors (Lipinski definition) is 2. The maximum absolute atomic E-state index is 5.39. The van der Waals surface area contributed by atoms with Gasteiger partial charge in [0.1, 0.15) is 0 Å². The van der Waals surface area contributed by atoms with Crippen LogP contribution in [-0.4, -0.2) is 20.3 Å². The molecule has 1 aliphatic heterocycles. The van der Waals surface area contributed by atoms with Gasteiger partial charge in [0, 0.05) is 19.8 Å². The van der Waals surface area contributed by atoms with E-state index in [2.05, 4.69) is 29.6 Å². The molecule has 0 unspecified atom stereocenters. The van der Waals surface area contributed by atoms with Gasteiger partial charge in [0.25, 0.3) is 0 Å². The summed E-state index contributed by atoms with van der Waals surface area (Å²) in [4.78, 5) is 0. The molecule has 15 heavy (non-hydrogen) atoms. The molecule has 1 fully saturated rings. The molecule has 2 heteroatoms. The molecule has 2 nitrogen and oxygen atoms in total. The van der Waals surface area contributed by atoms with Crippen molar-refractivity contribution in [3.63, 3.8) is 0 Å². The molecule has 0 atom stereocenters. The Hall–Kier alpha value is -0.860. The van der Waals surface area contributed by atoms with Crippen LogP contribution in [0, 0.1) is 0 Å². The van der Waals surface area contributed by atoms with E-state index in [1.165, 1.54) is 24.0 Å². The molecule has 0 amide bonds. The Balaban J connectivity index is 2.09. The van der Waals surface area contributed by atoms with Gasteiger partial charge in [-0.25, -0.2) is 0 Å². The number of rotatable bonds is 3. The lowest BCUT2D eigenvalue weighted by atomic mass is 9.91. The van der Waals surface area contributed by atoms with Crippen molar-refractivity contribution >= 4 is 0 Å². The summed E-state index contributed by atoms with van der Waals surface area (Å²) in [6, 6.07) is 8.92. The number of hydrogen-bond donors (Lipinski definition) is 1. The van der Waals surface area contributed by atoms with E-state index >= 15 is 0 Å². The van der Waals surface area contributed by atoms with Crippen molar-refractivity contribution in [2.24, 2.45) is 0 Å². The van der Waals surface area contributed by atoms with Gasteiger partial charge in [0.05, 0.1) is 0 Å². The van der Waals surface area contributed by atoms with Crippen LogP contribution in [0.3, 0.4) is 0 Å². The lowest BCUT2D eigenvalue weighted by Gasteiger charge is -2.22. The first-order valence-electron chi connectivity index (χ1n) is 5.71. The van der Waals surface area contributed by atoms with Crippen molar-refractivity contribution in [1.29, 1.82) is 0 Å². The lowest BCUT2D eigenvalue weighted by molar-refractivity contribution is 0.0853. The van der Waals surface area contributed by atoms with E-state index in [4.69, 9.17) is 4.74 Å². The molecule has 0 aliphatic carbocycles. The second-order valence-electron chi connectivity index (χ2n) is 4.16. The summed E-state index contributed by atoms with van der Waals surface area (Å²) in [7, 11) is 1.99. The molecular formula is C13H19NO. The monoisotopic (exact) mass is 205 g/mol. The third-order valence-corrected chi connectivity index (χ3v) is 3.02. The van der Waals surface area contributed by atoms with Gasteiger partial charge in [-0.05, 0) is 36.9 Å². The highest BCUT2D eigenvalue weighted by Crippen LogP contribution is 2.27. The largest absolute Gasteiger partial charge is 0.381 e. The predicted molar refractivity (Wildman–Crippen MR) is 62.0 cm³/mol. The smallest absolute Gasteiger partial charge is 0.0471 e. The van der Waals surface area contributed by atoms with Crippen molar-refractivity contribution in [1.82, 2.24) is 5.32 Å². The van der Waals surface area contributed by atoms with Gasteiger partial charge >= 0.3 is 0 Å². The van der Waals surface area contributed by atoms with Gasteiger partial charge in [-0.2, -0.15) is 0 Å². The van der Waals surface area contributed by atoms with Crippen molar-refractivity contribution in [3.8, 4) is 0 Å². The van der Waals surface area contributed by atoms with E-state index < -0.39 is 0 Å². The van der Waals surface area contributed by atoms with E-state index in [0.717, 1.165) is 19.8 Å². The Morgan fingerprint density at radius 1 is 1.33 bits per heavy atom. The Bertz CT molecular complexity index is 305. The maximum Gasteiger partial charge on any atom is 0.0471 e. The highest BCUT2D eigenvalue weighted by Gasteiger charge is 2.15. The van der Waals surface area contributed by atoms with Gasteiger partial charge in [-0.15, -0.1) is 0 Å². The topological polar surface area (TPSA) is 21.3 Å². The van der Waals surface area contributed by atoms with Crippen LogP contribution < -0.4 is 5.32 Å². The first kappa shape index (κ1) is 10.7. The molecule has 0 aromatic heterocycles. The van der Waals surface area contributed by atoms with Gasteiger partial charge in [0.2, 0.25) is 0 Å². The van der Waals surface area contributed by atoms with Crippen LogP contribution in [0.1, 0.15) is 29.9 Å². The molecule has 0 radical (unpaired) electrons. The van der Waals surface area contributed by atoms with Crippen LogP contribution >= 0.6 is 0 Å². The second-order valence-corrected chi connectivity index (χ2v) is 4.16. The third kappa shape index (κ3) is 2.80. The van der Waals surface area contributed by atoms with Gasteiger partial charge in [-0.3, -0.25) is 0 Å². The van der Waals surface area contributed by atoms with E-state index in [1.54, 1.807) is 0 Å². The van der Waals surface area contributed by atoms with Crippen molar-refractivity contribution < 1.29 is 4.74 Å². The van der Waals surface area contributed by atoms with E-state index in [-0.39, 0.29) is 0 Å². The zero-order chi connectivity index (χ0) is 10.5. The minimum absolute atomic E-state index is 0.704. The number of ether oxygens (including phenoxy) is 1. The van der Waals surface area contributed by atoms with E-state index in [1.807, 2.05) is 7.05 Å². The van der Waals surface area contributed by atoms with Crippen LogP contribution in [-0.2, 0) is 11.3 Å². The van der Waals surface area contributed by atoms with Crippen LogP contribution in [0.2, 0.25) is 0 Å².